The minimum absolute atomic E-state index is 0.0871. The predicted molar refractivity (Wildman–Crippen MR) is 61.3 cm³/mol. The van der Waals surface area contributed by atoms with Gasteiger partial charge in [0, 0.05) is 6.54 Å². The van der Waals surface area contributed by atoms with Crippen LogP contribution in [0.5, 0.6) is 5.75 Å². The van der Waals surface area contributed by atoms with Crippen molar-refractivity contribution in [3.8, 4) is 5.75 Å². The molecular formula is C9H12N2O5S. The molecule has 0 aromatic heterocycles. The summed E-state index contributed by atoms with van der Waals surface area (Å²) in [6, 6.07) is 3.33. The minimum atomic E-state index is -3.75. The van der Waals surface area contributed by atoms with E-state index in [0.717, 1.165) is 6.07 Å². The predicted octanol–water partition coefficient (Wildman–Crippen LogP) is 0.357. The second-order valence-electron chi connectivity index (χ2n) is 3.14. The van der Waals surface area contributed by atoms with E-state index in [1.807, 2.05) is 0 Å². The molecule has 0 aliphatic rings. The molecule has 0 fully saturated rings. The van der Waals surface area contributed by atoms with Crippen molar-refractivity contribution in [1.82, 2.24) is 4.72 Å². The number of aromatic carboxylic acids is 1. The zero-order chi connectivity index (χ0) is 13.1. The summed E-state index contributed by atoms with van der Waals surface area (Å²) in [5.74, 6) is -1.66. The van der Waals surface area contributed by atoms with E-state index in [1.54, 1.807) is 6.92 Å². The average molecular weight is 260 g/mol. The molecule has 0 radical (unpaired) electrons. The molecule has 0 unspecified atom stereocenters. The van der Waals surface area contributed by atoms with Gasteiger partial charge in [-0.05, 0) is 18.2 Å². The fraction of sp³-hybridized carbons (Fsp3) is 0.222. The molecule has 0 atom stereocenters. The van der Waals surface area contributed by atoms with Gasteiger partial charge in [0.25, 0.3) is 10.2 Å². The Bertz CT molecular complexity index is 526. The topological polar surface area (TPSA) is 116 Å². The maximum Gasteiger partial charge on any atom is 0.335 e. The Labute approximate surface area is 98.3 Å². The van der Waals surface area contributed by atoms with Crippen LogP contribution in [-0.4, -0.2) is 31.1 Å². The highest BCUT2D eigenvalue weighted by atomic mass is 32.2. The van der Waals surface area contributed by atoms with Crippen LogP contribution in [0.15, 0.2) is 18.2 Å². The quantitative estimate of drug-likeness (QED) is 0.570. The van der Waals surface area contributed by atoms with Crippen molar-refractivity contribution < 1.29 is 23.4 Å². The standard InChI is InChI=1S/C9H12N2O5S/c1-2-10-17(15,16)11-7-4-3-6(9(13)14)5-8(7)12/h3-5,10-12H,2H2,1H3,(H,13,14). The van der Waals surface area contributed by atoms with E-state index in [1.165, 1.54) is 12.1 Å². The molecule has 94 valence electrons. The number of phenolic OH excluding ortho intramolecular Hbond substituents is 1. The van der Waals surface area contributed by atoms with Gasteiger partial charge < -0.3 is 10.2 Å². The minimum Gasteiger partial charge on any atom is -0.506 e. The van der Waals surface area contributed by atoms with Crippen LogP contribution in [-0.2, 0) is 10.2 Å². The summed E-state index contributed by atoms with van der Waals surface area (Å²) in [6.07, 6.45) is 0. The van der Waals surface area contributed by atoms with E-state index in [2.05, 4.69) is 9.44 Å². The van der Waals surface area contributed by atoms with Gasteiger partial charge in [-0.2, -0.15) is 13.1 Å². The van der Waals surface area contributed by atoms with Crippen LogP contribution in [0.25, 0.3) is 0 Å². The van der Waals surface area contributed by atoms with Gasteiger partial charge in [-0.3, -0.25) is 4.72 Å². The molecule has 0 saturated heterocycles. The van der Waals surface area contributed by atoms with Gasteiger partial charge in [-0.25, -0.2) is 4.79 Å². The lowest BCUT2D eigenvalue weighted by atomic mass is 10.2. The number of benzene rings is 1. The maximum atomic E-state index is 11.3. The SMILES string of the molecule is CCNS(=O)(=O)Nc1ccc(C(=O)O)cc1O. The van der Waals surface area contributed by atoms with Crippen LogP contribution in [0.4, 0.5) is 5.69 Å². The summed E-state index contributed by atoms with van der Waals surface area (Å²) >= 11 is 0. The van der Waals surface area contributed by atoms with E-state index in [-0.39, 0.29) is 17.8 Å². The van der Waals surface area contributed by atoms with Crippen LogP contribution in [0.1, 0.15) is 17.3 Å². The second kappa shape index (κ2) is 5.02. The van der Waals surface area contributed by atoms with Crippen molar-refractivity contribution >= 4 is 21.9 Å². The molecule has 17 heavy (non-hydrogen) atoms. The molecule has 0 heterocycles. The van der Waals surface area contributed by atoms with Gasteiger partial charge in [0.2, 0.25) is 0 Å². The van der Waals surface area contributed by atoms with E-state index in [9.17, 15) is 18.3 Å². The molecule has 4 N–H and O–H groups in total. The molecule has 0 amide bonds. The first-order valence-electron chi connectivity index (χ1n) is 4.69. The van der Waals surface area contributed by atoms with Gasteiger partial charge in [0.05, 0.1) is 11.3 Å². The third kappa shape index (κ3) is 3.61. The lowest BCUT2D eigenvalue weighted by molar-refractivity contribution is 0.0696. The summed E-state index contributed by atoms with van der Waals surface area (Å²) < 4.78 is 26.9. The summed E-state index contributed by atoms with van der Waals surface area (Å²) in [5.41, 5.74) is -0.218. The number of rotatable bonds is 5. The normalized spacial score (nSPS) is 11.1. The van der Waals surface area contributed by atoms with Crippen LogP contribution in [0.3, 0.4) is 0 Å². The molecule has 0 aliphatic heterocycles. The molecule has 7 nitrogen and oxygen atoms in total. The highest BCUT2D eigenvalue weighted by molar-refractivity contribution is 7.90. The number of hydrogen-bond acceptors (Lipinski definition) is 4. The third-order valence-corrected chi connectivity index (χ3v) is 2.98. The average Bonchev–Trinajstić information content (AvgIpc) is 2.20. The maximum absolute atomic E-state index is 11.3. The number of hydrogen-bond donors (Lipinski definition) is 4. The van der Waals surface area contributed by atoms with Crippen LogP contribution >= 0.6 is 0 Å². The lowest BCUT2D eigenvalue weighted by Crippen LogP contribution is -2.29. The molecule has 1 aromatic rings. The van der Waals surface area contributed by atoms with Crippen LogP contribution in [0.2, 0.25) is 0 Å². The van der Waals surface area contributed by atoms with Crippen LogP contribution < -0.4 is 9.44 Å². The third-order valence-electron chi connectivity index (χ3n) is 1.82. The van der Waals surface area contributed by atoms with Gasteiger partial charge in [-0.1, -0.05) is 6.92 Å². The highest BCUT2D eigenvalue weighted by Gasteiger charge is 2.13. The number of carbonyl (C=O) groups is 1. The molecule has 1 aromatic carbocycles. The first-order valence-corrected chi connectivity index (χ1v) is 6.17. The Morgan fingerprint density at radius 3 is 2.53 bits per heavy atom. The van der Waals surface area contributed by atoms with Crippen molar-refractivity contribution in [1.29, 1.82) is 0 Å². The molecule has 8 heteroatoms. The Morgan fingerprint density at radius 1 is 1.41 bits per heavy atom. The number of phenols is 1. The van der Waals surface area contributed by atoms with E-state index >= 15 is 0 Å². The van der Waals surface area contributed by atoms with Gasteiger partial charge in [0.15, 0.2) is 0 Å². The van der Waals surface area contributed by atoms with Crippen molar-refractivity contribution in [3.63, 3.8) is 0 Å². The summed E-state index contributed by atoms with van der Waals surface area (Å²) in [4.78, 5) is 10.6. The number of aromatic hydroxyl groups is 1. The molecule has 1 rings (SSSR count). The van der Waals surface area contributed by atoms with E-state index < -0.39 is 21.9 Å². The Kier molecular flexibility index (Phi) is 3.92. The zero-order valence-corrected chi connectivity index (χ0v) is 9.78. The van der Waals surface area contributed by atoms with Crippen molar-refractivity contribution in [2.24, 2.45) is 0 Å². The Balaban J connectivity index is 2.98. The fourth-order valence-electron chi connectivity index (χ4n) is 1.12. The van der Waals surface area contributed by atoms with Crippen molar-refractivity contribution in [2.75, 3.05) is 11.3 Å². The molecule has 0 bridgehead atoms. The first-order chi connectivity index (χ1) is 7.85. The summed E-state index contributed by atoms with van der Waals surface area (Å²) in [5, 5.41) is 18.1. The van der Waals surface area contributed by atoms with Gasteiger partial charge in [0.1, 0.15) is 5.75 Å². The number of anilines is 1. The van der Waals surface area contributed by atoms with Crippen molar-refractivity contribution in [2.45, 2.75) is 6.92 Å². The molecule has 0 aliphatic carbocycles. The number of carboxylic acid groups (broad SMARTS) is 1. The smallest absolute Gasteiger partial charge is 0.335 e. The van der Waals surface area contributed by atoms with Gasteiger partial charge >= 0.3 is 5.97 Å². The first kappa shape index (κ1) is 13.3. The summed E-state index contributed by atoms with van der Waals surface area (Å²) in [6.45, 7) is 1.80. The number of nitrogens with one attached hydrogen (secondary N) is 2. The largest absolute Gasteiger partial charge is 0.506 e. The lowest BCUT2D eigenvalue weighted by Gasteiger charge is -2.09. The Hall–Kier alpha value is -1.80. The van der Waals surface area contributed by atoms with E-state index in [4.69, 9.17) is 5.11 Å². The van der Waals surface area contributed by atoms with E-state index in [0.29, 0.717) is 0 Å². The van der Waals surface area contributed by atoms with Crippen molar-refractivity contribution in [3.05, 3.63) is 23.8 Å². The highest BCUT2D eigenvalue weighted by Crippen LogP contribution is 2.24. The number of carboxylic acids is 1. The monoisotopic (exact) mass is 260 g/mol. The van der Waals surface area contributed by atoms with Gasteiger partial charge in [-0.15, -0.1) is 0 Å². The van der Waals surface area contributed by atoms with Crippen LogP contribution in [0, 0.1) is 0 Å². The zero-order valence-electron chi connectivity index (χ0n) is 8.97. The second-order valence-corrected chi connectivity index (χ2v) is 4.64. The molecule has 0 saturated carbocycles. The molecule has 0 spiro atoms. The molecular weight excluding hydrogens is 248 g/mol. The fourth-order valence-corrected chi connectivity index (χ4v) is 2.04. The summed E-state index contributed by atoms with van der Waals surface area (Å²) in [7, 11) is -3.75. The Morgan fingerprint density at radius 2 is 2.06 bits per heavy atom.